The third-order valence-electron chi connectivity index (χ3n) is 1.33. The Hall–Kier alpha value is -0.890. The summed E-state index contributed by atoms with van der Waals surface area (Å²) in [6.07, 6.45) is 3.57. The summed E-state index contributed by atoms with van der Waals surface area (Å²) in [6.45, 7) is 9.37. The van der Waals surface area contributed by atoms with Crippen LogP contribution >= 0.6 is 11.5 Å². The molecule has 0 bridgehead atoms. The summed E-state index contributed by atoms with van der Waals surface area (Å²) < 4.78 is 4.16. The van der Waals surface area contributed by atoms with E-state index in [2.05, 4.69) is 17.5 Å². The highest BCUT2D eigenvalue weighted by Gasteiger charge is 2.01. The Labute approximate surface area is 64.9 Å². The molecular formula is C8H9NS. The van der Waals surface area contributed by atoms with E-state index in [0.29, 0.717) is 0 Å². The van der Waals surface area contributed by atoms with E-state index in [1.54, 1.807) is 6.08 Å². The Morgan fingerprint density at radius 1 is 1.40 bits per heavy atom. The molecule has 2 heteroatoms. The standard InChI is InChI=1S/C8H9NS/c1-4-7-6(3)10-9-8(7)5-2/h4-5H,1-2H2,3H3. The lowest BCUT2D eigenvalue weighted by molar-refractivity contribution is 1.48. The van der Waals surface area contributed by atoms with Crippen molar-refractivity contribution in [2.75, 3.05) is 0 Å². The summed E-state index contributed by atoms with van der Waals surface area (Å²) in [6, 6.07) is 0. The summed E-state index contributed by atoms with van der Waals surface area (Å²) in [4.78, 5) is 1.20. The monoisotopic (exact) mass is 151 g/mol. The van der Waals surface area contributed by atoms with E-state index in [-0.39, 0.29) is 0 Å². The first kappa shape index (κ1) is 7.22. The van der Waals surface area contributed by atoms with Crippen LogP contribution < -0.4 is 0 Å². The summed E-state index contributed by atoms with van der Waals surface area (Å²) in [5.74, 6) is 0. The maximum Gasteiger partial charge on any atom is 0.0837 e. The van der Waals surface area contributed by atoms with Crippen molar-refractivity contribution in [2.45, 2.75) is 6.92 Å². The molecule has 0 spiro atoms. The average molecular weight is 151 g/mol. The van der Waals surface area contributed by atoms with Crippen LogP contribution in [0.4, 0.5) is 0 Å². The molecular weight excluding hydrogens is 142 g/mol. The van der Waals surface area contributed by atoms with Crippen molar-refractivity contribution in [3.63, 3.8) is 0 Å². The Kier molecular flexibility index (Phi) is 2.02. The van der Waals surface area contributed by atoms with Crippen molar-refractivity contribution < 1.29 is 0 Å². The zero-order chi connectivity index (χ0) is 7.56. The van der Waals surface area contributed by atoms with Gasteiger partial charge >= 0.3 is 0 Å². The highest BCUT2D eigenvalue weighted by atomic mass is 32.1. The minimum absolute atomic E-state index is 0.942. The van der Waals surface area contributed by atoms with Crippen molar-refractivity contribution in [2.24, 2.45) is 0 Å². The van der Waals surface area contributed by atoms with Gasteiger partial charge in [0.1, 0.15) is 0 Å². The number of hydrogen-bond donors (Lipinski definition) is 0. The molecule has 0 atom stereocenters. The fourth-order valence-electron chi connectivity index (χ4n) is 0.792. The SMILES string of the molecule is C=Cc1nsc(C)c1C=C. The molecule has 0 saturated heterocycles. The topological polar surface area (TPSA) is 12.9 Å². The predicted octanol–water partition coefficient (Wildman–Crippen LogP) is 2.74. The van der Waals surface area contributed by atoms with Gasteiger partial charge in [0, 0.05) is 10.4 Å². The molecule has 1 aromatic heterocycles. The van der Waals surface area contributed by atoms with Gasteiger partial charge in [-0.25, -0.2) is 0 Å². The van der Waals surface area contributed by atoms with Crippen LogP contribution in [-0.2, 0) is 0 Å². The van der Waals surface area contributed by atoms with Gasteiger partial charge in [-0.2, -0.15) is 4.37 Å². The first-order valence-electron chi connectivity index (χ1n) is 3.00. The fourth-order valence-corrected chi connectivity index (χ4v) is 1.49. The van der Waals surface area contributed by atoms with Gasteiger partial charge in [-0.15, -0.1) is 0 Å². The highest BCUT2D eigenvalue weighted by molar-refractivity contribution is 7.06. The number of hydrogen-bond acceptors (Lipinski definition) is 2. The van der Waals surface area contributed by atoms with Gasteiger partial charge in [-0.3, -0.25) is 0 Å². The predicted molar refractivity (Wildman–Crippen MR) is 47.0 cm³/mol. The van der Waals surface area contributed by atoms with E-state index in [0.717, 1.165) is 11.3 Å². The normalized spacial score (nSPS) is 9.30. The largest absolute Gasteiger partial charge is 0.192 e. The van der Waals surface area contributed by atoms with Gasteiger partial charge in [0.2, 0.25) is 0 Å². The number of nitrogens with zero attached hydrogens (tertiary/aromatic N) is 1. The molecule has 1 nitrogen and oxygen atoms in total. The molecule has 0 aliphatic carbocycles. The van der Waals surface area contributed by atoms with Crippen molar-refractivity contribution >= 4 is 23.7 Å². The smallest absolute Gasteiger partial charge is 0.0837 e. The zero-order valence-corrected chi connectivity index (χ0v) is 6.74. The zero-order valence-electron chi connectivity index (χ0n) is 5.92. The van der Waals surface area contributed by atoms with Gasteiger partial charge in [0.25, 0.3) is 0 Å². The van der Waals surface area contributed by atoms with Crippen LogP contribution in [0.1, 0.15) is 16.1 Å². The summed E-state index contributed by atoms with van der Waals surface area (Å²) in [7, 11) is 0. The van der Waals surface area contributed by atoms with Gasteiger partial charge in [0.05, 0.1) is 5.69 Å². The second kappa shape index (κ2) is 2.80. The van der Waals surface area contributed by atoms with E-state index in [1.165, 1.54) is 16.4 Å². The van der Waals surface area contributed by atoms with Crippen LogP contribution in [0.2, 0.25) is 0 Å². The second-order valence-electron chi connectivity index (χ2n) is 1.95. The maximum absolute atomic E-state index is 4.16. The van der Waals surface area contributed by atoms with Crippen LogP contribution in [0.25, 0.3) is 12.2 Å². The molecule has 0 fully saturated rings. The molecule has 0 aliphatic rings. The van der Waals surface area contributed by atoms with Crippen LogP contribution in [0.15, 0.2) is 13.2 Å². The lowest BCUT2D eigenvalue weighted by Crippen LogP contribution is -1.74. The van der Waals surface area contributed by atoms with E-state index in [9.17, 15) is 0 Å². The Balaban J connectivity index is 3.25. The third kappa shape index (κ3) is 1.02. The summed E-state index contributed by atoms with van der Waals surface area (Å²) in [5, 5.41) is 0. The molecule has 0 aromatic carbocycles. The van der Waals surface area contributed by atoms with Gasteiger partial charge < -0.3 is 0 Å². The molecule has 1 aromatic rings. The fraction of sp³-hybridized carbons (Fsp3) is 0.125. The lowest BCUT2D eigenvalue weighted by atomic mass is 10.2. The second-order valence-corrected chi connectivity index (χ2v) is 2.92. The molecule has 10 heavy (non-hydrogen) atoms. The Bertz CT molecular complexity index is 260. The quantitative estimate of drug-likeness (QED) is 0.633. The lowest BCUT2D eigenvalue weighted by Gasteiger charge is -1.87. The van der Waals surface area contributed by atoms with Crippen LogP contribution in [0, 0.1) is 6.92 Å². The first-order valence-corrected chi connectivity index (χ1v) is 3.78. The van der Waals surface area contributed by atoms with Crippen molar-refractivity contribution in [3.8, 4) is 0 Å². The third-order valence-corrected chi connectivity index (χ3v) is 2.12. The van der Waals surface area contributed by atoms with E-state index < -0.39 is 0 Å². The molecule has 52 valence electrons. The number of rotatable bonds is 2. The summed E-state index contributed by atoms with van der Waals surface area (Å²) in [5.41, 5.74) is 2.05. The molecule has 1 rings (SSSR count). The van der Waals surface area contributed by atoms with Crippen LogP contribution in [0.5, 0.6) is 0 Å². The first-order chi connectivity index (χ1) is 4.79. The molecule has 0 radical (unpaired) electrons. The van der Waals surface area contributed by atoms with Crippen molar-refractivity contribution in [1.82, 2.24) is 4.37 Å². The molecule has 0 amide bonds. The van der Waals surface area contributed by atoms with Gasteiger partial charge in [-0.05, 0) is 24.5 Å². The van der Waals surface area contributed by atoms with Crippen molar-refractivity contribution in [3.05, 3.63) is 29.3 Å². The van der Waals surface area contributed by atoms with Gasteiger partial charge in [-0.1, -0.05) is 19.2 Å². The average Bonchev–Trinajstić information content (AvgIpc) is 2.30. The van der Waals surface area contributed by atoms with Crippen LogP contribution in [-0.4, -0.2) is 4.37 Å². The van der Waals surface area contributed by atoms with Gasteiger partial charge in [0.15, 0.2) is 0 Å². The minimum atomic E-state index is 0.942. The van der Waals surface area contributed by atoms with E-state index in [1.807, 2.05) is 13.0 Å². The molecule has 0 unspecified atom stereocenters. The molecule has 1 heterocycles. The van der Waals surface area contributed by atoms with E-state index >= 15 is 0 Å². The molecule has 0 saturated carbocycles. The molecule has 0 N–H and O–H groups in total. The number of aromatic nitrogens is 1. The van der Waals surface area contributed by atoms with Crippen molar-refractivity contribution in [1.29, 1.82) is 0 Å². The van der Waals surface area contributed by atoms with Crippen LogP contribution in [0.3, 0.4) is 0 Å². The van der Waals surface area contributed by atoms with E-state index in [4.69, 9.17) is 0 Å². The number of aryl methyl sites for hydroxylation is 1. The Morgan fingerprint density at radius 3 is 2.50 bits per heavy atom. The molecule has 0 aliphatic heterocycles. The Morgan fingerprint density at radius 2 is 2.10 bits per heavy atom. The highest BCUT2D eigenvalue weighted by Crippen LogP contribution is 2.19. The minimum Gasteiger partial charge on any atom is -0.192 e. The summed E-state index contributed by atoms with van der Waals surface area (Å²) >= 11 is 1.49. The maximum atomic E-state index is 4.16.